The molecule has 2 unspecified atom stereocenters. The number of benzene rings is 2. The van der Waals surface area contributed by atoms with Crippen molar-refractivity contribution in [3.05, 3.63) is 57.6 Å². The molecule has 0 saturated heterocycles. The average molecular weight is 549 g/mol. The zero-order valence-electron chi connectivity index (χ0n) is 27.4. The monoisotopic (exact) mass is 548 g/mol. The number of nitrogens with one attached hydrogen (secondary N) is 1. The maximum Gasteiger partial charge on any atom is 0.128 e. The molecule has 1 aliphatic carbocycles. The van der Waals surface area contributed by atoms with E-state index in [1.54, 1.807) is 0 Å². The molecule has 0 heterocycles. The Balaban J connectivity index is 1.91. The fourth-order valence-corrected chi connectivity index (χ4v) is 5.54. The van der Waals surface area contributed by atoms with Crippen molar-refractivity contribution in [2.75, 3.05) is 0 Å². The summed E-state index contributed by atoms with van der Waals surface area (Å²) in [6.07, 6.45) is 6.29. The van der Waals surface area contributed by atoms with E-state index in [1.807, 2.05) is 6.21 Å². The van der Waals surface area contributed by atoms with Crippen LogP contribution in [0.3, 0.4) is 0 Å². The third kappa shape index (κ3) is 7.69. The van der Waals surface area contributed by atoms with Crippen molar-refractivity contribution in [2.24, 2.45) is 4.99 Å². The summed E-state index contributed by atoms with van der Waals surface area (Å²) in [6.45, 7) is 26.8. The van der Waals surface area contributed by atoms with Crippen molar-refractivity contribution in [1.29, 1.82) is 0 Å². The van der Waals surface area contributed by atoms with Crippen molar-refractivity contribution in [3.8, 4) is 11.5 Å². The lowest BCUT2D eigenvalue weighted by Crippen LogP contribution is -2.41. The smallest absolute Gasteiger partial charge is 0.128 e. The lowest BCUT2D eigenvalue weighted by molar-refractivity contribution is 0.326. The Morgan fingerprint density at radius 1 is 0.700 bits per heavy atom. The van der Waals surface area contributed by atoms with Crippen molar-refractivity contribution >= 4 is 6.21 Å². The Kier molecular flexibility index (Phi) is 9.26. The van der Waals surface area contributed by atoms with Gasteiger partial charge < -0.3 is 15.5 Å². The second-order valence-corrected chi connectivity index (χ2v) is 16.1. The zero-order chi connectivity index (χ0) is 30.3. The molecule has 0 bridgehead atoms. The van der Waals surface area contributed by atoms with Gasteiger partial charge in [0.05, 0.1) is 6.04 Å². The Morgan fingerprint density at radius 2 is 1.20 bits per heavy atom. The SMILES string of the molecule is CC(C)(C)c1cc(C=NC2CCCCC2NCc2cc(C(C)(C)C)cc(C(C)(C)C)c2O)c(O)c(C(C)(C)C)c1. The van der Waals surface area contributed by atoms with Gasteiger partial charge in [-0.3, -0.25) is 4.99 Å². The predicted molar refractivity (Wildman–Crippen MR) is 171 cm³/mol. The summed E-state index contributed by atoms with van der Waals surface area (Å²) in [5, 5.41) is 26.3. The summed E-state index contributed by atoms with van der Waals surface area (Å²) < 4.78 is 0. The highest BCUT2D eigenvalue weighted by Gasteiger charge is 2.28. The van der Waals surface area contributed by atoms with Gasteiger partial charge in [-0.2, -0.15) is 0 Å². The Hall–Kier alpha value is -2.33. The summed E-state index contributed by atoms with van der Waals surface area (Å²) in [5.41, 5.74) is 5.82. The van der Waals surface area contributed by atoms with Gasteiger partial charge in [0.15, 0.2) is 0 Å². The molecule has 1 fully saturated rings. The van der Waals surface area contributed by atoms with Gasteiger partial charge in [-0.1, -0.05) is 114 Å². The van der Waals surface area contributed by atoms with Crippen molar-refractivity contribution in [2.45, 2.75) is 149 Å². The van der Waals surface area contributed by atoms with Gasteiger partial charge in [0.1, 0.15) is 11.5 Å². The first-order valence-corrected chi connectivity index (χ1v) is 15.2. The van der Waals surface area contributed by atoms with Crippen molar-refractivity contribution in [3.63, 3.8) is 0 Å². The normalized spacial score (nSPS) is 19.4. The van der Waals surface area contributed by atoms with E-state index in [0.717, 1.165) is 41.5 Å². The molecule has 0 aliphatic heterocycles. The number of hydrogen-bond donors (Lipinski definition) is 3. The van der Waals surface area contributed by atoms with Gasteiger partial charge >= 0.3 is 0 Å². The highest BCUT2D eigenvalue weighted by molar-refractivity contribution is 5.85. The molecule has 3 rings (SSSR count). The standard InChI is InChI=1S/C36H56N2O2/c1-33(2,3)25-17-23(31(39)27(19-25)35(7,8)9)21-37-29-15-13-14-16-30(29)38-22-24-18-26(34(4,5)6)20-28(32(24)40)36(10,11)12/h17-21,29-30,38-40H,13-16,22H2,1-12H3. The molecule has 0 aromatic heterocycles. The maximum absolute atomic E-state index is 11.3. The summed E-state index contributed by atoms with van der Waals surface area (Å²) in [5.74, 6) is 0.741. The van der Waals surface area contributed by atoms with E-state index >= 15 is 0 Å². The second-order valence-electron chi connectivity index (χ2n) is 16.1. The minimum atomic E-state index is -0.168. The van der Waals surface area contributed by atoms with Gasteiger partial charge in [0, 0.05) is 35.5 Å². The molecule has 222 valence electrons. The molecule has 4 nitrogen and oxygen atoms in total. The van der Waals surface area contributed by atoms with Crippen LogP contribution in [0.5, 0.6) is 11.5 Å². The number of phenolic OH excluding ortho intramolecular Hbond substituents is 2. The first-order chi connectivity index (χ1) is 18.2. The number of phenols is 2. The number of rotatable bonds is 5. The third-order valence-corrected chi connectivity index (χ3v) is 8.37. The van der Waals surface area contributed by atoms with Crippen LogP contribution in [0, 0.1) is 0 Å². The molecule has 0 radical (unpaired) electrons. The van der Waals surface area contributed by atoms with Gasteiger partial charge in [-0.05, 0) is 57.3 Å². The summed E-state index contributed by atoms with van der Waals surface area (Å²) in [6, 6.07) is 8.94. The van der Waals surface area contributed by atoms with Gasteiger partial charge in [-0.15, -0.1) is 0 Å². The van der Waals surface area contributed by atoms with Crippen LogP contribution in [-0.2, 0) is 28.2 Å². The van der Waals surface area contributed by atoms with E-state index < -0.39 is 0 Å². The Labute approximate surface area is 244 Å². The first kappa shape index (κ1) is 32.2. The van der Waals surface area contributed by atoms with Gasteiger partial charge in [-0.25, -0.2) is 0 Å². The fraction of sp³-hybridized carbons (Fsp3) is 0.639. The van der Waals surface area contributed by atoms with Crippen LogP contribution in [0.25, 0.3) is 0 Å². The molecule has 1 saturated carbocycles. The first-order valence-electron chi connectivity index (χ1n) is 15.2. The highest BCUT2D eigenvalue weighted by atomic mass is 16.3. The molecule has 2 aromatic rings. The van der Waals surface area contributed by atoms with E-state index in [0.29, 0.717) is 18.0 Å². The zero-order valence-corrected chi connectivity index (χ0v) is 27.4. The van der Waals surface area contributed by atoms with E-state index in [9.17, 15) is 10.2 Å². The maximum atomic E-state index is 11.3. The van der Waals surface area contributed by atoms with E-state index in [1.165, 1.54) is 17.5 Å². The molecule has 2 aromatic carbocycles. The van der Waals surface area contributed by atoms with Crippen LogP contribution in [0.1, 0.15) is 142 Å². The molecule has 0 spiro atoms. The van der Waals surface area contributed by atoms with E-state index in [-0.39, 0.29) is 33.7 Å². The lowest BCUT2D eigenvalue weighted by atomic mass is 9.79. The number of nitrogens with zero attached hydrogens (tertiary/aromatic N) is 1. The summed E-state index contributed by atoms with van der Waals surface area (Å²) in [4.78, 5) is 5.08. The molecule has 4 heteroatoms. The van der Waals surface area contributed by atoms with Gasteiger partial charge in [0.25, 0.3) is 0 Å². The third-order valence-electron chi connectivity index (χ3n) is 8.37. The van der Waals surface area contributed by atoms with Crippen LogP contribution in [0.15, 0.2) is 29.3 Å². The quantitative estimate of drug-likeness (QED) is 0.327. The van der Waals surface area contributed by atoms with Crippen LogP contribution in [0.4, 0.5) is 0 Å². The van der Waals surface area contributed by atoms with Crippen LogP contribution in [-0.4, -0.2) is 28.5 Å². The molecule has 2 atom stereocenters. The lowest BCUT2D eigenvalue weighted by Gasteiger charge is -2.31. The second kappa shape index (κ2) is 11.5. The number of aromatic hydroxyl groups is 2. The van der Waals surface area contributed by atoms with Crippen LogP contribution < -0.4 is 5.32 Å². The van der Waals surface area contributed by atoms with Crippen molar-refractivity contribution < 1.29 is 10.2 Å². The predicted octanol–water partition coefficient (Wildman–Crippen LogP) is 8.81. The Bertz CT molecular complexity index is 1210. The minimum Gasteiger partial charge on any atom is -0.507 e. The van der Waals surface area contributed by atoms with Gasteiger partial charge in [0.2, 0.25) is 0 Å². The van der Waals surface area contributed by atoms with Crippen LogP contribution in [0.2, 0.25) is 0 Å². The molecule has 3 N–H and O–H groups in total. The summed E-state index contributed by atoms with van der Waals surface area (Å²) >= 11 is 0. The average Bonchev–Trinajstić information content (AvgIpc) is 2.80. The number of hydrogen-bond acceptors (Lipinski definition) is 4. The largest absolute Gasteiger partial charge is 0.507 e. The van der Waals surface area contributed by atoms with E-state index in [2.05, 4.69) is 113 Å². The molecule has 0 amide bonds. The molecular formula is C36H56N2O2. The topological polar surface area (TPSA) is 64.9 Å². The molecule has 1 aliphatic rings. The van der Waals surface area contributed by atoms with Crippen molar-refractivity contribution in [1.82, 2.24) is 5.32 Å². The highest BCUT2D eigenvalue weighted by Crippen LogP contribution is 2.39. The number of aliphatic imine (C=N–C) groups is 1. The van der Waals surface area contributed by atoms with Crippen LogP contribution >= 0.6 is 0 Å². The fourth-order valence-electron chi connectivity index (χ4n) is 5.54. The molecule has 40 heavy (non-hydrogen) atoms. The summed E-state index contributed by atoms with van der Waals surface area (Å²) in [7, 11) is 0. The molecular weight excluding hydrogens is 492 g/mol. The minimum absolute atomic E-state index is 0.00435. The van der Waals surface area contributed by atoms with E-state index in [4.69, 9.17) is 4.99 Å². The Morgan fingerprint density at radius 3 is 1.73 bits per heavy atom.